The van der Waals surface area contributed by atoms with Crippen molar-refractivity contribution in [1.29, 1.82) is 0 Å². The molecule has 0 spiro atoms. The smallest absolute Gasteiger partial charge is 0.214 e. The molecule has 3 rings (SSSR count). The Morgan fingerprint density at radius 1 is 1.16 bits per heavy atom. The summed E-state index contributed by atoms with van der Waals surface area (Å²) < 4.78 is 34.5. The minimum atomic E-state index is -3.11. The summed E-state index contributed by atoms with van der Waals surface area (Å²) in [6.45, 7) is 11.2. The van der Waals surface area contributed by atoms with E-state index in [1.54, 1.807) is 4.31 Å². The van der Waals surface area contributed by atoms with E-state index in [9.17, 15) is 8.42 Å². The van der Waals surface area contributed by atoms with E-state index in [2.05, 4.69) is 16.5 Å². The molecular weight excluding hydrogens is 414 g/mol. The van der Waals surface area contributed by atoms with Crippen molar-refractivity contribution >= 4 is 26.9 Å². The Morgan fingerprint density at radius 2 is 1.87 bits per heavy atom. The van der Waals surface area contributed by atoms with Crippen LogP contribution in [0.3, 0.4) is 0 Å². The van der Waals surface area contributed by atoms with Crippen LogP contribution in [-0.4, -0.2) is 52.7 Å². The van der Waals surface area contributed by atoms with Crippen molar-refractivity contribution < 1.29 is 13.2 Å². The predicted octanol–water partition coefficient (Wildman–Crippen LogP) is 3.40. The maximum atomic E-state index is 12.5. The maximum absolute atomic E-state index is 12.5. The van der Waals surface area contributed by atoms with Gasteiger partial charge in [0.25, 0.3) is 0 Å². The molecular formula is C22H37N5O3S. The molecule has 1 fully saturated rings. The Labute approximate surface area is 186 Å². The van der Waals surface area contributed by atoms with Gasteiger partial charge in [0.05, 0.1) is 11.3 Å². The van der Waals surface area contributed by atoms with Crippen molar-refractivity contribution in [2.75, 3.05) is 31.2 Å². The van der Waals surface area contributed by atoms with E-state index >= 15 is 0 Å². The molecule has 2 N–H and O–H groups in total. The summed E-state index contributed by atoms with van der Waals surface area (Å²) in [7, 11) is -3.11. The highest BCUT2D eigenvalue weighted by Gasteiger charge is 2.28. The third-order valence-corrected chi connectivity index (χ3v) is 8.35. The Hall–Kier alpha value is -1.71. The Morgan fingerprint density at radius 3 is 2.52 bits per heavy atom. The Balaban J connectivity index is 1.72. The first-order valence-electron chi connectivity index (χ1n) is 11.5. The summed E-state index contributed by atoms with van der Waals surface area (Å²) in [5, 5.41) is 0. The molecule has 2 aromatic heterocycles. The van der Waals surface area contributed by atoms with Crippen LogP contribution in [0.1, 0.15) is 63.0 Å². The quantitative estimate of drug-likeness (QED) is 0.594. The number of nitrogens with zero attached hydrogens (tertiary/aromatic N) is 4. The molecule has 0 saturated carbocycles. The molecule has 2 aromatic rings. The first-order chi connectivity index (χ1) is 14.8. The van der Waals surface area contributed by atoms with Gasteiger partial charge in [0.2, 0.25) is 10.0 Å². The third kappa shape index (κ3) is 5.38. The fourth-order valence-electron chi connectivity index (χ4n) is 4.33. The highest BCUT2D eigenvalue weighted by molar-refractivity contribution is 7.89. The second kappa shape index (κ2) is 10.3. The highest BCUT2D eigenvalue weighted by atomic mass is 32.2. The zero-order chi connectivity index (χ0) is 22.6. The fraction of sp³-hybridized carbons (Fsp3) is 0.727. The van der Waals surface area contributed by atoms with Gasteiger partial charge in [-0.05, 0) is 57.9 Å². The van der Waals surface area contributed by atoms with Crippen LogP contribution in [0.25, 0.3) is 11.0 Å². The van der Waals surface area contributed by atoms with Gasteiger partial charge in [-0.25, -0.2) is 22.7 Å². The maximum Gasteiger partial charge on any atom is 0.214 e. The zero-order valence-corrected chi connectivity index (χ0v) is 20.2. The molecule has 0 atom stereocenters. The number of fused-ring (bicyclic) bond motifs is 1. The molecule has 0 aromatic carbocycles. The zero-order valence-electron chi connectivity index (χ0n) is 19.4. The number of hydrogen-bond donors (Lipinski definition) is 1. The molecule has 0 aliphatic carbocycles. The van der Waals surface area contributed by atoms with Crippen LogP contribution in [0, 0.1) is 19.8 Å². The first-order valence-corrected chi connectivity index (χ1v) is 13.1. The molecule has 1 saturated heterocycles. The number of aromatic nitrogens is 3. The van der Waals surface area contributed by atoms with E-state index in [0.29, 0.717) is 38.0 Å². The second-order valence-corrected chi connectivity index (χ2v) is 10.6. The van der Waals surface area contributed by atoms with Crippen molar-refractivity contribution in [3.8, 4) is 0 Å². The van der Waals surface area contributed by atoms with Gasteiger partial charge >= 0.3 is 0 Å². The van der Waals surface area contributed by atoms with Gasteiger partial charge in [-0.2, -0.15) is 0 Å². The molecule has 0 radical (unpaired) electrons. The van der Waals surface area contributed by atoms with Crippen molar-refractivity contribution in [2.45, 2.75) is 73.0 Å². The number of nitrogens with two attached hydrogens (primary N) is 1. The van der Waals surface area contributed by atoms with Crippen molar-refractivity contribution in [1.82, 2.24) is 18.8 Å². The molecule has 31 heavy (non-hydrogen) atoms. The minimum Gasteiger partial charge on any atom is -0.382 e. The van der Waals surface area contributed by atoms with E-state index in [4.69, 9.17) is 15.5 Å². The summed E-state index contributed by atoms with van der Waals surface area (Å²) in [5.41, 5.74) is 9.97. The first kappa shape index (κ1) is 23.9. The number of piperidine rings is 1. The van der Waals surface area contributed by atoms with Crippen molar-refractivity contribution in [2.24, 2.45) is 5.92 Å². The van der Waals surface area contributed by atoms with Gasteiger partial charge in [0.1, 0.15) is 17.9 Å². The number of rotatable bonds is 10. The topological polar surface area (TPSA) is 103 Å². The summed E-state index contributed by atoms with van der Waals surface area (Å²) in [6, 6.07) is 0. The number of sulfonamides is 1. The third-order valence-electron chi connectivity index (χ3n) is 6.39. The molecule has 0 bridgehead atoms. The SMILES string of the molecule is CCCCS(=O)(=O)N1CCC(CCn2c(COCC)nc3c(N)nc(C)c(C)c32)CC1. The number of nitrogen functional groups attached to an aromatic ring is 1. The highest BCUT2D eigenvalue weighted by Crippen LogP contribution is 2.29. The van der Waals surface area contributed by atoms with Crippen LogP contribution in [0.15, 0.2) is 0 Å². The van der Waals surface area contributed by atoms with Crippen LogP contribution < -0.4 is 5.73 Å². The van der Waals surface area contributed by atoms with Crippen LogP contribution in [0.4, 0.5) is 5.82 Å². The van der Waals surface area contributed by atoms with Gasteiger partial charge in [0, 0.05) is 31.9 Å². The number of aryl methyl sites for hydroxylation is 3. The average Bonchev–Trinajstić information content (AvgIpc) is 3.12. The molecule has 1 aliphatic heterocycles. The largest absolute Gasteiger partial charge is 0.382 e. The summed E-state index contributed by atoms with van der Waals surface area (Å²) in [6.07, 6.45) is 4.42. The molecule has 0 amide bonds. The number of imidazole rings is 1. The molecule has 8 nitrogen and oxygen atoms in total. The van der Waals surface area contributed by atoms with E-state index in [0.717, 1.165) is 66.8 Å². The molecule has 9 heteroatoms. The lowest BCUT2D eigenvalue weighted by atomic mass is 9.94. The van der Waals surface area contributed by atoms with Crippen molar-refractivity contribution in [3.05, 3.63) is 17.1 Å². The van der Waals surface area contributed by atoms with Crippen LogP contribution in [0.2, 0.25) is 0 Å². The van der Waals surface area contributed by atoms with Gasteiger partial charge in [-0.15, -0.1) is 0 Å². The number of anilines is 1. The number of ether oxygens (including phenoxy) is 1. The standard InChI is InChI=1S/C22H37N5O3S/c1-5-7-14-31(28,29)26-11-8-18(9-12-26)10-13-27-19(15-30-6-2)25-20-21(27)16(3)17(4)24-22(20)23/h18H,5-15H2,1-4H3,(H2,23,24). The molecule has 0 unspecified atom stereocenters. The summed E-state index contributed by atoms with van der Waals surface area (Å²) >= 11 is 0. The van der Waals surface area contributed by atoms with E-state index in [-0.39, 0.29) is 5.75 Å². The van der Waals surface area contributed by atoms with Crippen LogP contribution >= 0.6 is 0 Å². The molecule has 174 valence electrons. The summed E-state index contributed by atoms with van der Waals surface area (Å²) in [4.78, 5) is 9.19. The van der Waals surface area contributed by atoms with Crippen molar-refractivity contribution in [3.63, 3.8) is 0 Å². The second-order valence-electron chi connectivity index (χ2n) is 8.52. The Kier molecular flexibility index (Phi) is 7.93. The number of hydrogen-bond acceptors (Lipinski definition) is 6. The van der Waals surface area contributed by atoms with E-state index in [1.807, 2.05) is 20.8 Å². The van der Waals surface area contributed by atoms with Gasteiger partial charge < -0.3 is 15.0 Å². The van der Waals surface area contributed by atoms with Crippen LogP contribution in [0.5, 0.6) is 0 Å². The average molecular weight is 452 g/mol. The van der Waals surface area contributed by atoms with E-state index < -0.39 is 10.0 Å². The molecule has 1 aliphatic rings. The van der Waals surface area contributed by atoms with E-state index in [1.165, 1.54) is 0 Å². The minimum absolute atomic E-state index is 0.268. The lowest BCUT2D eigenvalue weighted by molar-refractivity contribution is 0.125. The fourth-order valence-corrected chi connectivity index (χ4v) is 6.01. The summed E-state index contributed by atoms with van der Waals surface area (Å²) in [5.74, 6) is 2.10. The number of pyridine rings is 1. The normalized spacial score (nSPS) is 16.4. The van der Waals surface area contributed by atoms with Crippen LogP contribution in [-0.2, 0) is 27.9 Å². The van der Waals surface area contributed by atoms with Gasteiger partial charge in [-0.1, -0.05) is 13.3 Å². The monoisotopic (exact) mass is 451 g/mol. The predicted molar refractivity (Wildman–Crippen MR) is 124 cm³/mol. The Bertz CT molecular complexity index is 994. The molecule has 3 heterocycles. The lowest BCUT2D eigenvalue weighted by Crippen LogP contribution is -2.39. The van der Waals surface area contributed by atoms with Gasteiger partial charge in [0.15, 0.2) is 5.82 Å². The van der Waals surface area contributed by atoms with Gasteiger partial charge in [-0.3, -0.25) is 0 Å². The lowest BCUT2D eigenvalue weighted by Gasteiger charge is -2.31. The number of unbranched alkanes of at least 4 members (excludes halogenated alkanes) is 1.